The maximum atomic E-state index is 12.0. The summed E-state index contributed by atoms with van der Waals surface area (Å²) in [6.07, 6.45) is 9.50. The van der Waals surface area contributed by atoms with E-state index in [1.165, 1.54) is 19.3 Å². The lowest BCUT2D eigenvalue weighted by Crippen LogP contribution is -2.14. The number of hydrogen-bond acceptors (Lipinski definition) is 3. The molecule has 1 saturated carbocycles. The summed E-state index contributed by atoms with van der Waals surface area (Å²) in [6.45, 7) is 0. The molecule has 4 rings (SSSR count). The highest BCUT2D eigenvalue weighted by atomic mass is 16.1. The zero-order valence-electron chi connectivity index (χ0n) is 13.5. The van der Waals surface area contributed by atoms with Gasteiger partial charge in [-0.2, -0.15) is 5.10 Å². The van der Waals surface area contributed by atoms with Crippen LogP contribution in [-0.2, 0) is 0 Å². The predicted molar refractivity (Wildman–Crippen MR) is 93.2 cm³/mol. The minimum Gasteiger partial charge on any atom is -0.366 e. The van der Waals surface area contributed by atoms with Gasteiger partial charge in [0.05, 0.1) is 28.7 Å². The van der Waals surface area contributed by atoms with Crippen molar-refractivity contribution >= 4 is 16.8 Å². The smallest absolute Gasteiger partial charge is 0.249 e. The van der Waals surface area contributed by atoms with Gasteiger partial charge in [0.15, 0.2) is 0 Å². The molecule has 0 unspecified atom stereocenters. The number of rotatable bonds is 3. The van der Waals surface area contributed by atoms with E-state index in [1.807, 2.05) is 35.1 Å². The van der Waals surface area contributed by atoms with E-state index in [-0.39, 0.29) is 0 Å². The molecule has 1 aliphatic rings. The molecule has 1 amide bonds. The van der Waals surface area contributed by atoms with Crippen molar-refractivity contribution in [1.29, 1.82) is 0 Å². The molecule has 0 aliphatic heterocycles. The van der Waals surface area contributed by atoms with Crippen molar-refractivity contribution in [2.75, 3.05) is 0 Å². The van der Waals surface area contributed by atoms with Crippen LogP contribution in [0.4, 0.5) is 0 Å². The Morgan fingerprint density at radius 3 is 2.67 bits per heavy atom. The molecule has 0 spiro atoms. The van der Waals surface area contributed by atoms with Gasteiger partial charge in [-0.15, -0.1) is 0 Å². The SMILES string of the molecule is NC(=O)c1cccc2nn(-c3cccnc3)c(C3CCCCC3)c12. The van der Waals surface area contributed by atoms with Crippen molar-refractivity contribution in [2.45, 2.75) is 38.0 Å². The average molecular weight is 320 g/mol. The number of aromatic nitrogens is 3. The van der Waals surface area contributed by atoms with Gasteiger partial charge in [-0.1, -0.05) is 25.3 Å². The molecule has 0 radical (unpaired) electrons. The Kier molecular flexibility index (Phi) is 3.76. The number of pyridine rings is 1. The Labute approximate surface area is 140 Å². The van der Waals surface area contributed by atoms with Crippen LogP contribution < -0.4 is 5.73 Å². The highest BCUT2D eigenvalue weighted by Gasteiger charge is 2.26. The zero-order chi connectivity index (χ0) is 16.5. The molecule has 1 fully saturated rings. The zero-order valence-corrected chi connectivity index (χ0v) is 13.5. The fourth-order valence-corrected chi connectivity index (χ4v) is 3.79. The standard InChI is InChI=1S/C19H20N4O/c20-19(24)15-9-4-10-16-17(15)18(13-6-2-1-3-7-13)23(22-16)14-8-5-11-21-12-14/h4-5,8-13H,1-3,6-7H2,(H2,20,24). The molecule has 0 bridgehead atoms. The topological polar surface area (TPSA) is 73.8 Å². The van der Waals surface area contributed by atoms with Crippen LogP contribution in [-0.4, -0.2) is 20.7 Å². The van der Waals surface area contributed by atoms with E-state index < -0.39 is 5.91 Å². The van der Waals surface area contributed by atoms with E-state index in [9.17, 15) is 4.79 Å². The van der Waals surface area contributed by atoms with Gasteiger partial charge in [0.1, 0.15) is 0 Å². The van der Waals surface area contributed by atoms with Crippen molar-refractivity contribution < 1.29 is 4.79 Å². The summed E-state index contributed by atoms with van der Waals surface area (Å²) in [5, 5.41) is 5.67. The quantitative estimate of drug-likeness (QED) is 0.801. The molecular weight excluding hydrogens is 300 g/mol. The Morgan fingerprint density at radius 2 is 1.96 bits per heavy atom. The molecule has 0 atom stereocenters. The van der Waals surface area contributed by atoms with E-state index in [0.717, 1.165) is 35.1 Å². The number of amides is 1. The Hall–Kier alpha value is -2.69. The van der Waals surface area contributed by atoms with Crippen molar-refractivity contribution in [3.8, 4) is 5.69 Å². The van der Waals surface area contributed by atoms with Crippen LogP contribution in [0.15, 0.2) is 42.7 Å². The third kappa shape index (κ3) is 2.46. The van der Waals surface area contributed by atoms with E-state index in [2.05, 4.69) is 4.98 Å². The molecule has 3 aromatic rings. The van der Waals surface area contributed by atoms with E-state index in [4.69, 9.17) is 10.8 Å². The summed E-state index contributed by atoms with van der Waals surface area (Å²) in [4.78, 5) is 16.2. The molecule has 122 valence electrons. The number of fused-ring (bicyclic) bond motifs is 1. The molecule has 24 heavy (non-hydrogen) atoms. The monoisotopic (exact) mass is 320 g/mol. The van der Waals surface area contributed by atoms with Crippen LogP contribution in [0.5, 0.6) is 0 Å². The highest BCUT2D eigenvalue weighted by molar-refractivity contribution is 6.06. The van der Waals surface area contributed by atoms with Gasteiger partial charge < -0.3 is 5.73 Å². The molecule has 1 aliphatic carbocycles. The van der Waals surface area contributed by atoms with Crippen LogP contribution >= 0.6 is 0 Å². The van der Waals surface area contributed by atoms with Crippen LogP contribution in [0, 0.1) is 0 Å². The van der Waals surface area contributed by atoms with Crippen molar-refractivity contribution in [2.24, 2.45) is 5.73 Å². The van der Waals surface area contributed by atoms with Gasteiger partial charge in [0, 0.05) is 17.5 Å². The van der Waals surface area contributed by atoms with E-state index in [0.29, 0.717) is 11.5 Å². The first kappa shape index (κ1) is 14.9. The van der Waals surface area contributed by atoms with Gasteiger partial charge in [0.25, 0.3) is 0 Å². The van der Waals surface area contributed by atoms with E-state index >= 15 is 0 Å². The van der Waals surface area contributed by atoms with Crippen molar-refractivity contribution in [3.05, 3.63) is 54.0 Å². The van der Waals surface area contributed by atoms with Crippen molar-refractivity contribution in [3.63, 3.8) is 0 Å². The van der Waals surface area contributed by atoms with E-state index in [1.54, 1.807) is 12.3 Å². The Bertz CT molecular complexity index is 879. The Balaban J connectivity index is 2.01. The highest BCUT2D eigenvalue weighted by Crippen LogP contribution is 2.38. The maximum Gasteiger partial charge on any atom is 0.249 e. The van der Waals surface area contributed by atoms with Gasteiger partial charge in [-0.25, -0.2) is 4.68 Å². The van der Waals surface area contributed by atoms with Crippen LogP contribution in [0.2, 0.25) is 0 Å². The molecule has 2 aromatic heterocycles. The second-order valence-electron chi connectivity index (χ2n) is 6.41. The number of nitrogens with two attached hydrogens (primary N) is 1. The summed E-state index contributed by atoms with van der Waals surface area (Å²) in [6, 6.07) is 9.48. The maximum absolute atomic E-state index is 12.0. The minimum atomic E-state index is -0.400. The average Bonchev–Trinajstić information content (AvgIpc) is 3.02. The second kappa shape index (κ2) is 6.07. The first-order chi connectivity index (χ1) is 11.8. The largest absolute Gasteiger partial charge is 0.366 e. The predicted octanol–water partition coefficient (Wildman–Crippen LogP) is 3.57. The lowest BCUT2D eigenvalue weighted by Gasteiger charge is -2.23. The molecule has 0 saturated heterocycles. The molecule has 5 nitrogen and oxygen atoms in total. The van der Waals surface area contributed by atoms with Crippen LogP contribution in [0.25, 0.3) is 16.6 Å². The lowest BCUT2D eigenvalue weighted by atomic mass is 9.85. The number of nitrogens with zero attached hydrogens (tertiary/aromatic N) is 3. The summed E-state index contributed by atoms with van der Waals surface area (Å²) in [7, 11) is 0. The third-order valence-electron chi connectivity index (χ3n) is 4.88. The summed E-state index contributed by atoms with van der Waals surface area (Å²) in [5.74, 6) is -0.00662. The number of benzene rings is 1. The molecule has 5 heteroatoms. The molecular formula is C19H20N4O. The first-order valence-corrected chi connectivity index (χ1v) is 8.47. The summed E-state index contributed by atoms with van der Waals surface area (Å²) >= 11 is 0. The van der Waals surface area contributed by atoms with Crippen molar-refractivity contribution in [1.82, 2.24) is 14.8 Å². The molecule has 2 N–H and O–H groups in total. The summed E-state index contributed by atoms with van der Waals surface area (Å²) in [5.41, 5.74) is 9.04. The van der Waals surface area contributed by atoms with Crippen LogP contribution in [0.3, 0.4) is 0 Å². The number of carbonyl (C=O) groups excluding carboxylic acids is 1. The number of carbonyl (C=O) groups is 1. The Morgan fingerprint density at radius 1 is 1.12 bits per heavy atom. The number of primary amides is 1. The molecule has 1 aromatic carbocycles. The fraction of sp³-hybridized carbons (Fsp3) is 0.316. The van der Waals surface area contributed by atoms with Gasteiger partial charge in [-0.3, -0.25) is 9.78 Å². The lowest BCUT2D eigenvalue weighted by molar-refractivity contribution is 0.100. The molecule has 2 heterocycles. The normalized spacial score (nSPS) is 15.7. The summed E-state index contributed by atoms with van der Waals surface area (Å²) < 4.78 is 1.96. The second-order valence-corrected chi connectivity index (χ2v) is 6.41. The minimum absolute atomic E-state index is 0.393. The van der Waals surface area contributed by atoms with Gasteiger partial charge in [0.2, 0.25) is 5.91 Å². The third-order valence-corrected chi connectivity index (χ3v) is 4.88. The number of hydrogen-bond donors (Lipinski definition) is 1. The fourth-order valence-electron chi connectivity index (χ4n) is 3.79. The van der Waals surface area contributed by atoms with Gasteiger partial charge in [-0.05, 0) is 37.1 Å². The van der Waals surface area contributed by atoms with Gasteiger partial charge >= 0.3 is 0 Å². The van der Waals surface area contributed by atoms with Crippen LogP contribution in [0.1, 0.15) is 54.1 Å². The first-order valence-electron chi connectivity index (χ1n) is 8.47.